The Labute approximate surface area is 108 Å². The van der Waals surface area contributed by atoms with Crippen LogP contribution in [-0.4, -0.2) is 14.5 Å². The van der Waals surface area contributed by atoms with Gasteiger partial charge in [0.25, 0.3) is 0 Å². The molecule has 88 valence electrons. The van der Waals surface area contributed by atoms with Crippen LogP contribution in [-0.2, 0) is 6.61 Å². The molecule has 0 radical (unpaired) electrons. The van der Waals surface area contributed by atoms with Gasteiger partial charge in [-0.1, -0.05) is 0 Å². The van der Waals surface area contributed by atoms with Crippen LogP contribution in [0.3, 0.4) is 0 Å². The largest absolute Gasteiger partial charge is 0.486 e. The minimum Gasteiger partial charge on any atom is -0.486 e. The maximum Gasteiger partial charge on any atom is 0.138 e. The summed E-state index contributed by atoms with van der Waals surface area (Å²) in [5.74, 6) is 0.775. The molecule has 1 fully saturated rings. The lowest BCUT2D eigenvalue weighted by atomic mass is 10.4. The van der Waals surface area contributed by atoms with Crippen molar-refractivity contribution >= 4 is 15.9 Å². The van der Waals surface area contributed by atoms with Gasteiger partial charge in [0.1, 0.15) is 17.0 Å². The Morgan fingerprint density at radius 2 is 2.24 bits per heavy atom. The molecule has 1 aliphatic rings. The third-order valence-electron chi connectivity index (χ3n) is 2.77. The van der Waals surface area contributed by atoms with Gasteiger partial charge in [-0.05, 0) is 40.9 Å². The molecular weight excluding hydrogens is 282 g/mol. The molecule has 0 N–H and O–H groups in total. The third-order valence-corrected chi connectivity index (χ3v) is 3.24. The second-order valence-corrected chi connectivity index (χ2v) is 4.94. The van der Waals surface area contributed by atoms with Crippen LogP contribution in [0.2, 0.25) is 0 Å². The minimum atomic E-state index is 0.541. The van der Waals surface area contributed by atoms with E-state index in [0.717, 1.165) is 16.0 Å². The van der Waals surface area contributed by atoms with Gasteiger partial charge in [-0.3, -0.25) is 0 Å². The van der Waals surface area contributed by atoms with E-state index in [-0.39, 0.29) is 0 Å². The molecule has 0 saturated heterocycles. The molecule has 0 aromatic carbocycles. The van der Waals surface area contributed by atoms with Gasteiger partial charge in [0.15, 0.2) is 0 Å². The van der Waals surface area contributed by atoms with Gasteiger partial charge >= 0.3 is 0 Å². The van der Waals surface area contributed by atoms with Crippen molar-refractivity contribution in [3.63, 3.8) is 0 Å². The summed E-state index contributed by atoms with van der Waals surface area (Å²) in [5, 5.41) is 0. The number of hydrogen-bond donors (Lipinski definition) is 0. The lowest BCUT2D eigenvalue weighted by molar-refractivity contribution is 0.293. The van der Waals surface area contributed by atoms with E-state index in [1.165, 1.54) is 12.8 Å². The molecular formula is C12H12BrN3O. The van der Waals surface area contributed by atoms with Gasteiger partial charge in [0, 0.05) is 6.04 Å². The van der Waals surface area contributed by atoms with Crippen LogP contribution in [0.25, 0.3) is 0 Å². The molecule has 1 aliphatic carbocycles. The van der Waals surface area contributed by atoms with Crippen molar-refractivity contribution in [2.24, 2.45) is 0 Å². The topological polar surface area (TPSA) is 39.9 Å². The van der Waals surface area contributed by atoms with Crippen LogP contribution in [0.15, 0.2) is 35.5 Å². The molecule has 17 heavy (non-hydrogen) atoms. The van der Waals surface area contributed by atoms with Crippen LogP contribution in [0.4, 0.5) is 0 Å². The minimum absolute atomic E-state index is 0.541. The zero-order valence-electron chi connectivity index (χ0n) is 9.21. The lowest BCUT2D eigenvalue weighted by Crippen LogP contribution is -2.03. The van der Waals surface area contributed by atoms with Gasteiger partial charge in [-0.2, -0.15) is 0 Å². The average molecular weight is 294 g/mol. The monoisotopic (exact) mass is 293 g/mol. The predicted octanol–water partition coefficient (Wildman–Crippen LogP) is 2.95. The normalized spacial score (nSPS) is 14.9. The number of nitrogens with zero attached hydrogens (tertiary/aromatic N) is 3. The first-order chi connectivity index (χ1) is 8.33. The maximum absolute atomic E-state index is 5.68. The Bertz CT molecular complexity index is 505. The summed E-state index contributed by atoms with van der Waals surface area (Å²) < 4.78 is 8.69. The van der Waals surface area contributed by atoms with E-state index in [4.69, 9.17) is 4.74 Å². The molecule has 4 nitrogen and oxygen atoms in total. The Hall–Kier alpha value is -1.36. The van der Waals surface area contributed by atoms with Crippen molar-refractivity contribution in [3.05, 3.63) is 41.2 Å². The number of rotatable bonds is 4. The van der Waals surface area contributed by atoms with E-state index in [1.807, 2.05) is 24.7 Å². The molecule has 0 aliphatic heterocycles. The first-order valence-electron chi connectivity index (χ1n) is 5.58. The summed E-state index contributed by atoms with van der Waals surface area (Å²) in [6.45, 7) is 0.541. The molecule has 5 heteroatoms. The van der Waals surface area contributed by atoms with Crippen LogP contribution in [0, 0.1) is 0 Å². The van der Waals surface area contributed by atoms with Crippen LogP contribution < -0.4 is 4.74 Å². The summed E-state index contributed by atoms with van der Waals surface area (Å²) in [5.41, 5.74) is 1.12. The summed E-state index contributed by atoms with van der Waals surface area (Å²) in [6, 6.07) is 4.40. The van der Waals surface area contributed by atoms with Crippen LogP contribution in [0.5, 0.6) is 5.75 Å². The van der Waals surface area contributed by atoms with Crippen molar-refractivity contribution in [1.29, 1.82) is 0 Å². The van der Waals surface area contributed by atoms with Gasteiger partial charge in [0.05, 0.1) is 24.4 Å². The molecule has 2 aromatic rings. The van der Waals surface area contributed by atoms with Gasteiger partial charge in [-0.15, -0.1) is 0 Å². The summed E-state index contributed by atoms with van der Waals surface area (Å²) in [4.78, 5) is 8.29. The highest BCUT2D eigenvalue weighted by molar-refractivity contribution is 9.10. The molecule has 0 bridgehead atoms. The van der Waals surface area contributed by atoms with Crippen LogP contribution in [0.1, 0.15) is 24.6 Å². The smallest absolute Gasteiger partial charge is 0.138 e. The number of aromatic nitrogens is 3. The lowest BCUT2D eigenvalue weighted by Gasteiger charge is -2.08. The van der Waals surface area contributed by atoms with Gasteiger partial charge in [0.2, 0.25) is 0 Å². The second kappa shape index (κ2) is 4.49. The zero-order chi connectivity index (χ0) is 11.7. The Kier molecular flexibility index (Phi) is 2.84. The molecule has 0 spiro atoms. The van der Waals surface area contributed by atoms with E-state index >= 15 is 0 Å². The van der Waals surface area contributed by atoms with Crippen molar-refractivity contribution in [3.8, 4) is 5.75 Å². The van der Waals surface area contributed by atoms with E-state index in [9.17, 15) is 0 Å². The first-order valence-corrected chi connectivity index (χ1v) is 6.37. The molecule has 0 amide bonds. The summed E-state index contributed by atoms with van der Waals surface area (Å²) in [7, 11) is 0. The first kappa shape index (κ1) is 10.8. The zero-order valence-corrected chi connectivity index (χ0v) is 10.8. The Morgan fingerprint density at radius 3 is 2.94 bits per heavy atom. The SMILES string of the molecule is Brc1ccc(OCc2cncn2C2CC2)cn1. The molecule has 2 aromatic heterocycles. The highest BCUT2D eigenvalue weighted by Gasteiger charge is 2.25. The Balaban J connectivity index is 1.67. The molecule has 3 rings (SSSR count). The van der Waals surface area contributed by atoms with E-state index in [2.05, 4.69) is 30.5 Å². The van der Waals surface area contributed by atoms with Crippen molar-refractivity contribution in [2.75, 3.05) is 0 Å². The predicted molar refractivity (Wildman–Crippen MR) is 66.8 cm³/mol. The van der Waals surface area contributed by atoms with E-state index in [1.54, 1.807) is 6.20 Å². The van der Waals surface area contributed by atoms with E-state index < -0.39 is 0 Å². The second-order valence-electron chi connectivity index (χ2n) is 4.13. The third kappa shape index (κ3) is 2.49. The molecule has 1 saturated carbocycles. The van der Waals surface area contributed by atoms with E-state index in [0.29, 0.717) is 12.6 Å². The fourth-order valence-corrected chi connectivity index (χ4v) is 1.96. The highest BCUT2D eigenvalue weighted by Crippen LogP contribution is 2.35. The van der Waals surface area contributed by atoms with Crippen molar-refractivity contribution < 1.29 is 4.74 Å². The number of halogens is 1. The standard InChI is InChI=1S/C12H12BrN3O/c13-12-4-3-11(6-15-12)17-7-10-5-14-8-16(10)9-1-2-9/h3-6,8-9H,1-2,7H2. The quantitative estimate of drug-likeness (QED) is 0.814. The van der Waals surface area contributed by atoms with Gasteiger partial charge in [-0.25, -0.2) is 9.97 Å². The maximum atomic E-state index is 5.68. The van der Waals surface area contributed by atoms with Crippen molar-refractivity contribution in [2.45, 2.75) is 25.5 Å². The number of hydrogen-bond acceptors (Lipinski definition) is 3. The van der Waals surface area contributed by atoms with Crippen molar-refractivity contribution in [1.82, 2.24) is 14.5 Å². The molecule has 2 heterocycles. The number of pyridine rings is 1. The average Bonchev–Trinajstić information content (AvgIpc) is 3.08. The molecule has 0 atom stereocenters. The summed E-state index contributed by atoms with van der Waals surface area (Å²) in [6.07, 6.45) is 7.97. The number of imidazole rings is 1. The highest BCUT2D eigenvalue weighted by atomic mass is 79.9. The Morgan fingerprint density at radius 1 is 1.35 bits per heavy atom. The molecule has 0 unspecified atom stereocenters. The summed E-state index contributed by atoms with van der Waals surface area (Å²) >= 11 is 3.29. The fraction of sp³-hybridized carbons (Fsp3) is 0.333. The fourth-order valence-electron chi connectivity index (χ4n) is 1.73. The van der Waals surface area contributed by atoms with Crippen LogP contribution >= 0.6 is 15.9 Å². The number of ether oxygens (including phenoxy) is 1. The van der Waals surface area contributed by atoms with Gasteiger partial charge < -0.3 is 9.30 Å².